The van der Waals surface area contributed by atoms with E-state index >= 15 is 0 Å². The molecule has 2 N–H and O–H groups in total. The molecule has 1 unspecified atom stereocenters. The summed E-state index contributed by atoms with van der Waals surface area (Å²) in [4.78, 5) is 34.1. The maximum absolute atomic E-state index is 11.9. The molecular weight excluding hydrogens is 346 g/mol. The van der Waals surface area contributed by atoms with E-state index in [-0.39, 0.29) is 5.56 Å². The normalized spacial score (nSPS) is 17.2. The lowest BCUT2D eigenvalue weighted by molar-refractivity contribution is 0.247. The Morgan fingerprint density at radius 2 is 2.15 bits per heavy atom. The number of nitrogens with one attached hydrogen (secondary N) is 2. The Hall–Kier alpha value is -3.01. The van der Waals surface area contributed by atoms with Gasteiger partial charge in [-0.15, -0.1) is 0 Å². The standard InChI is InChI=1S/C17H23N9O/c1-24(2)17-21-11(6-14(27)22-17)8-25(3)12-4-5-26(9-12)16-13-7-20-23-15(13)18-10-19-16/h6-7,10,12H,4-5,8-9H2,1-3H3,(H,21,22,27)(H,18,19,20,23). The van der Waals surface area contributed by atoms with Gasteiger partial charge < -0.3 is 9.80 Å². The van der Waals surface area contributed by atoms with Gasteiger partial charge in [0.05, 0.1) is 17.3 Å². The molecule has 0 aromatic carbocycles. The average molecular weight is 369 g/mol. The molecule has 0 aliphatic carbocycles. The predicted octanol–water partition coefficient (Wildman–Crippen LogP) is 0.213. The van der Waals surface area contributed by atoms with Gasteiger partial charge in [0, 0.05) is 45.8 Å². The molecule has 1 atom stereocenters. The van der Waals surface area contributed by atoms with Gasteiger partial charge in [-0.1, -0.05) is 0 Å². The topological polar surface area (TPSA) is 110 Å². The highest BCUT2D eigenvalue weighted by molar-refractivity contribution is 5.86. The Balaban J connectivity index is 1.48. The molecule has 3 aromatic rings. The van der Waals surface area contributed by atoms with Crippen molar-refractivity contribution in [2.75, 3.05) is 44.0 Å². The molecule has 27 heavy (non-hydrogen) atoms. The molecule has 142 valence electrons. The van der Waals surface area contributed by atoms with Crippen LogP contribution in [0.1, 0.15) is 12.1 Å². The van der Waals surface area contributed by atoms with Crippen molar-refractivity contribution < 1.29 is 0 Å². The zero-order valence-electron chi connectivity index (χ0n) is 15.7. The highest BCUT2D eigenvalue weighted by Gasteiger charge is 2.28. The molecule has 3 aromatic heterocycles. The third kappa shape index (κ3) is 3.47. The van der Waals surface area contributed by atoms with Crippen molar-refractivity contribution in [2.24, 2.45) is 0 Å². The van der Waals surface area contributed by atoms with E-state index in [4.69, 9.17) is 0 Å². The van der Waals surface area contributed by atoms with Gasteiger partial charge >= 0.3 is 0 Å². The fraction of sp³-hybridized carbons (Fsp3) is 0.471. The van der Waals surface area contributed by atoms with Crippen molar-refractivity contribution in [3.8, 4) is 0 Å². The van der Waals surface area contributed by atoms with Crippen LogP contribution in [0.15, 0.2) is 23.4 Å². The maximum atomic E-state index is 11.9. The molecule has 0 radical (unpaired) electrons. The van der Waals surface area contributed by atoms with Crippen molar-refractivity contribution in [1.29, 1.82) is 0 Å². The number of aromatic nitrogens is 6. The summed E-state index contributed by atoms with van der Waals surface area (Å²) < 4.78 is 0. The number of aromatic amines is 2. The van der Waals surface area contributed by atoms with Crippen LogP contribution in [0.25, 0.3) is 11.0 Å². The van der Waals surface area contributed by atoms with Crippen LogP contribution < -0.4 is 15.4 Å². The number of hydrogen-bond acceptors (Lipinski definition) is 8. The van der Waals surface area contributed by atoms with E-state index in [2.05, 4.69) is 47.0 Å². The minimum atomic E-state index is -0.131. The molecule has 1 aliphatic heterocycles. The second kappa shape index (κ2) is 6.95. The molecular formula is C17H23N9O. The van der Waals surface area contributed by atoms with Crippen molar-refractivity contribution >= 4 is 22.8 Å². The SMILES string of the molecule is CN(C)c1nc(CN(C)C2CCN(c3ncnc4[nH]ncc34)C2)cc(=O)[nH]1. The highest BCUT2D eigenvalue weighted by Crippen LogP contribution is 2.26. The average Bonchev–Trinajstić information content (AvgIpc) is 3.30. The van der Waals surface area contributed by atoms with E-state index in [0.29, 0.717) is 18.5 Å². The summed E-state index contributed by atoms with van der Waals surface area (Å²) in [7, 11) is 5.79. The first-order valence-electron chi connectivity index (χ1n) is 8.88. The number of rotatable bonds is 5. The fourth-order valence-corrected chi connectivity index (χ4v) is 3.47. The molecule has 4 rings (SSSR count). The Bertz CT molecular complexity index is 995. The van der Waals surface area contributed by atoms with Gasteiger partial charge in [-0.25, -0.2) is 15.0 Å². The summed E-state index contributed by atoms with van der Waals surface area (Å²) in [5, 5.41) is 7.89. The van der Waals surface area contributed by atoms with Crippen molar-refractivity contribution in [3.05, 3.63) is 34.6 Å². The monoisotopic (exact) mass is 369 g/mol. The Kier molecular flexibility index (Phi) is 4.48. The van der Waals surface area contributed by atoms with Gasteiger partial charge in [-0.3, -0.25) is 19.8 Å². The zero-order chi connectivity index (χ0) is 19.0. The lowest BCUT2D eigenvalue weighted by Crippen LogP contribution is -2.35. The third-order valence-electron chi connectivity index (χ3n) is 4.93. The molecule has 4 heterocycles. The third-order valence-corrected chi connectivity index (χ3v) is 4.93. The molecule has 10 nitrogen and oxygen atoms in total. The van der Waals surface area contributed by atoms with Crippen molar-refractivity contribution in [1.82, 2.24) is 35.0 Å². The number of anilines is 2. The smallest absolute Gasteiger partial charge is 0.252 e. The lowest BCUT2D eigenvalue weighted by atomic mass is 10.2. The van der Waals surface area contributed by atoms with Crippen LogP contribution in [-0.2, 0) is 6.54 Å². The summed E-state index contributed by atoms with van der Waals surface area (Å²) >= 11 is 0. The molecule has 0 spiro atoms. The van der Waals surface area contributed by atoms with E-state index in [0.717, 1.165) is 42.1 Å². The zero-order valence-corrected chi connectivity index (χ0v) is 15.7. The molecule has 0 bridgehead atoms. The highest BCUT2D eigenvalue weighted by atomic mass is 16.1. The first kappa shape index (κ1) is 17.4. The first-order valence-corrected chi connectivity index (χ1v) is 8.88. The van der Waals surface area contributed by atoms with Crippen molar-refractivity contribution in [2.45, 2.75) is 19.0 Å². The molecule has 0 amide bonds. The van der Waals surface area contributed by atoms with Gasteiger partial charge in [0.2, 0.25) is 5.95 Å². The Morgan fingerprint density at radius 3 is 2.96 bits per heavy atom. The summed E-state index contributed by atoms with van der Waals surface area (Å²) in [6.45, 7) is 2.39. The van der Waals surface area contributed by atoms with E-state index < -0.39 is 0 Å². The largest absolute Gasteiger partial charge is 0.354 e. The van der Waals surface area contributed by atoms with Crippen LogP contribution >= 0.6 is 0 Å². The second-order valence-electron chi connectivity index (χ2n) is 7.09. The maximum Gasteiger partial charge on any atom is 0.252 e. The predicted molar refractivity (Wildman–Crippen MR) is 103 cm³/mol. The molecule has 1 fully saturated rings. The number of likely N-dealkylation sites (N-methyl/N-ethyl adjacent to an activating group) is 1. The molecule has 1 saturated heterocycles. The van der Waals surface area contributed by atoms with Crippen LogP contribution in [-0.4, -0.2) is 75.3 Å². The van der Waals surface area contributed by atoms with Crippen LogP contribution in [0.4, 0.5) is 11.8 Å². The van der Waals surface area contributed by atoms with Gasteiger partial charge in [0.25, 0.3) is 5.56 Å². The van der Waals surface area contributed by atoms with Crippen LogP contribution in [0.3, 0.4) is 0 Å². The minimum Gasteiger partial charge on any atom is -0.354 e. The number of H-pyrrole nitrogens is 2. The van der Waals surface area contributed by atoms with E-state index in [1.54, 1.807) is 23.5 Å². The van der Waals surface area contributed by atoms with Gasteiger partial charge in [0.1, 0.15) is 12.1 Å². The molecule has 10 heteroatoms. The van der Waals surface area contributed by atoms with Gasteiger partial charge in [0.15, 0.2) is 5.65 Å². The van der Waals surface area contributed by atoms with E-state index in [1.165, 1.54) is 0 Å². The molecule has 0 saturated carbocycles. The summed E-state index contributed by atoms with van der Waals surface area (Å²) in [5.74, 6) is 1.48. The van der Waals surface area contributed by atoms with E-state index in [1.807, 2.05) is 14.1 Å². The quantitative estimate of drug-likeness (QED) is 0.657. The van der Waals surface area contributed by atoms with Crippen LogP contribution in [0.2, 0.25) is 0 Å². The summed E-state index contributed by atoms with van der Waals surface area (Å²) in [6, 6.07) is 1.92. The second-order valence-corrected chi connectivity index (χ2v) is 7.09. The van der Waals surface area contributed by atoms with Gasteiger partial charge in [-0.2, -0.15) is 5.10 Å². The number of fused-ring (bicyclic) bond motifs is 1. The molecule has 1 aliphatic rings. The van der Waals surface area contributed by atoms with E-state index in [9.17, 15) is 4.79 Å². The Labute approximate surface area is 156 Å². The van der Waals surface area contributed by atoms with Crippen LogP contribution in [0.5, 0.6) is 0 Å². The van der Waals surface area contributed by atoms with Gasteiger partial charge in [-0.05, 0) is 13.5 Å². The summed E-state index contributed by atoms with van der Waals surface area (Å²) in [5.41, 5.74) is 1.39. The number of nitrogens with zero attached hydrogens (tertiary/aromatic N) is 7. The first-order chi connectivity index (χ1) is 13.0. The Morgan fingerprint density at radius 1 is 1.30 bits per heavy atom. The van der Waals surface area contributed by atoms with Crippen molar-refractivity contribution in [3.63, 3.8) is 0 Å². The summed E-state index contributed by atoms with van der Waals surface area (Å²) in [6.07, 6.45) is 4.35. The van der Waals surface area contributed by atoms with Crippen LogP contribution in [0, 0.1) is 0 Å². The fourth-order valence-electron chi connectivity index (χ4n) is 3.47. The lowest BCUT2D eigenvalue weighted by Gasteiger charge is -2.25. The minimum absolute atomic E-state index is 0.131. The number of hydrogen-bond donors (Lipinski definition) is 2.